The number of phenols is 1. The Morgan fingerprint density at radius 3 is 2.47 bits per heavy atom. The Bertz CT molecular complexity index is 492. The molecule has 0 aromatic heterocycles. The van der Waals surface area contributed by atoms with Crippen LogP contribution in [0.25, 0.3) is 11.1 Å². The van der Waals surface area contributed by atoms with Crippen LogP contribution in [-0.4, -0.2) is 5.11 Å². The lowest BCUT2D eigenvalue weighted by atomic mass is 10.0. The zero-order chi connectivity index (χ0) is 10.8. The Morgan fingerprint density at radius 2 is 1.73 bits per heavy atom. The molecule has 0 spiro atoms. The van der Waals surface area contributed by atoms with Crippen LogP contribution in [0.15, 0.2) is 42.5 Å². The molecular weight excluding hydrogens is 186 g/mol. The fourth-order valence-electron chi connectivity index (χ4n) is 1.60. The van der Waals surface area contributed by atoms with E-state index in [1.54, 1.807) is 12.1 Å². The minimum Gasteiger partial charge on any atom is -0.507 e. The van der Waals surface area contributed by atoms with E-state index in [4.69, 9.17) is 5.73 Å². The summed E-state index contributed by atoms with van der Waals surface area (Å²) in [6.07, 6.45) is 0. The van der Waals surface area contributed by atoms with E-state index in [2.05, 4.69) is 0 Å². The van der Waals surface area contributed by atoms with Crippen LogP contribution in [0, 0.1) is 6.92 Å². The number of nitrogens with two attached hydrogens (primary N) is 1. The van der Waals surface area contributed by atoms with Gasteiger partial charge in [0.15, 0.2) is 0 Å². The number of phenolic OH excluding ortho intramolecular Hbond substituents is 1. The van der Waals surface area contributed by atoms with Crippen molar-refractivity contribution in [3.05, 3.63) is 48.0 Å². The summed E-state index contributed by atoms with van der Waals surface area (Å²) in [5.74, 6) is 0.259. The van der Waals surface area contributed by atoms with E-state index in [0.717, 1.165) is 16.7 Å². The number of rotatable bonds is 1. The molecule has 0 saturated carbocycles. The molecule has 0 unspecified atom stereocenters. The fraction of sp³-hybridized carbons (Fsp3) is 0.0769. The molecule has 0 aliphatic heterocycles. The highest BCUT2D eigenvalue weighted by molar-refractivity contribution is 5.80. The van der Waals surface area contributed by atoms with Gasteiger partial charge in [0.25, 0.3) is 0 Å². The first kappa shape index (κ1) is 9.59. The minimum atomic E-state index is 0.259. The number of anilines is 1. The fourth-order valence-corrected chi connectivity index (χ4v) is 1.60. The van der Waals surface area contributed by atoms with Crippen molar-refractivity contribution in [3.63, 3.8) is 0 Å². The zero-order valence-corrected chi connectivity index (χ0v) is 8.57. The molecule has 2 nitrogen and oxygen atoms in total. The van der Waals surface area contributed by atoms with Gasteiger partial charge in [-0.05, 0) is 25.1 Å². The molecule has 0 heterocycles. The van der Waals surface area contributed by atoms with Gasteiger partial charge in [0.2, 0.25) is 0 Å². The molecule has 0 atom stereocenters. The number of hydrogen-bond donors (Lipinski definition) is 2. The van der Waals surface area contributed by atoms with E-state index < -0.39 is 0 Å². The third-order valence-electron chi connectivity index (χ3n) is 2.40. The summed E-state index contributed by atoms with van der Waals surface area (Å²) < 4.78 is 0. The summed E-state index contributed by atoms with van der Waals surface area (Å²) >= 11 is 0. The second kappa shape index (κ2) is 3.65. The Labute approximate surface area is 89.0 Å². The molecular formula is C13H13NO. The molecule has 0 radical (unpaired) electrons. The van der Waals surface area contributed by atoms with Crippen molar-refractivity contribution in [3.8, 4) is 16.9 Å². The molecule has 0 bridgehead atoms. The smallest absolute Gasteiger partial charge is 0.123 e. The molecule has 2 heteroatoms. The quantitative estimate of drug-likeness (QED) is 0.693. The van der Waals surface area contributed by atoms with Crippen molar-refractivity contribution in [1.29, 1.82) is 0 Å². The molecule has 0 amide bonds. The van der Waals surface area contributed by atoms with Gasteiger partial charge in [-0.3, -0.25) is 0 Å². The van der Waals surface area contributed by atoms with Crippen LogP contribution >= 0.6 is 0 Å². The summed E-state index contributed by atoms with van der Waals surface area (Å²) in [5.41, 5.74) is 9.35. The lowest BCUT2D eigenvalue weighted by molar-refractivity contribution is 0.477. The van der Waals surface area contributed by atoms with Crippen molar-refractivity contribution in [2.45, 2.75) is 6.92 Å². The maximum absolute atomic E-state index is 9.72. The third kappa shape index (κ3) is 1.79. The maximum atomic E-state index is 9.72. The highest BCUT2D eigenvalue weighted by atomic mass is 16.3. The predicted molar refractivity (Wildman–Crippen MR) is 62.7 cm³/mol. The van der Waals surface area contributed by atoms with Gasteiger partial charge in [-0.15, -0.1) is 0 Å². The number of para-hydroxylation sites is 1. The van der Waals surface area contributed by atoms with E-state index in [-0.39, 0.29) is 5.75 Å². The number of benzene rings is 2. The van der Waals surface area contributed by atoms with Gasteiger partial charge in [-0.2, -0.15) is 0 Å². The van der Waals surface area contributed by atoms with Crippen LogP contribution in [0.5, 0.6) is 5.75 Å². The molecule has 76 valence electrons. The average Bonchev–Trinajstić information content (AvgIpc) is 2.23. The van der Waals surface area contributed by atoms with Gasteiger partial charge in [0, 0.05) is 16.8 Å². The number of aromatic hydroxyl groups is 1. The highest BCUT2D eigenvalue weighted by Crippen LogP contribution is 2.33. The third-order valence-corrected chi connectivity index (χ3v) is 2.40. The SMILES string of the molecule is Cc1ccc(N)c(-c2ccccc2O)c1. The molecule has 0 aliphatic carbocycles. The van der Waals surface area contributed by atoms with Crippen molar-refractivity contribution in [1.82, 2.24) is 0 Å². The summed E-state index contributed by atoms with van der Waals surface area (Å²) in [6.45, 7) is 2.00. The van der Waals surface area contributed by atoms with E-state index in [1.807, 2.05) is 37.3 Å². The van der Waals surface area contributed by atoms with Crippen LogP contribution < -0.4 is 5.73 Å². The molecule has 0 fully saturated rings. The number of hydrogen-bond acceptors (Lipinski definition) is 2. The maximum Gasteiger partial charge on any atom is 0.123 e. The summed E-state index contributed by atoms with van der Waals surface area (Å²) in [4.78, 5) is 0. The summed E-state index contributed by atoms with van der Waals surface area (Å²) in [7, 11) is 0. The van der Waals surface area contributed by atoms with E-state index >= 15 is 0 Å². The van der Waals surface area contributed by atoms with E-state index in [0.29, 0.717) is 5.69 Å². The zero-order valence-electron chi connectivity index (χ0n) is 8.57. The largest absolute Gasteiger partial charge is 0.507 e. The van der Waals surface area contributed by atoms with Crippen LogP contribution in [0.3, 0.4) is 0 Å². The lowest BCUT2D eigenvalue weighted by Gasteiger charge is -2.08. The Morgan fingerprint density at radius 1 is 1.00 bits per heavy atom. The first-order valence-corrected chi connectivity index (χ1v) is 4.83. The van der Waals surface area contributed by atoms with Gasteiger partial charge in [-0.25, -0.2) is 0 Å². The van der Waals surface area contributed by atoms with Crippen LogP contribution in [0.1, 0.15) is 5.56 Å². The summed E-state index contributed by atoms with van der Waals surface area (Å²) in [5, 5.41) is 9.72. The molecule has 0 aliphatic rings. The second-order valence-corrected chi connectivity index (χ2v) is 3.61. The normalized spacial score (nSPS) is 10.2. The van der Waals surface area contributed by atoms with Gasteiger partial charge in [0.1, 0.15) is 5.75 Å². The van der Waals surface area contributed by atoms with Crippen molar-refractivity contribution in [2.24, 2.45) is 0 Å². The second-order valence-electron chi connectivity index (χ2n) is 3.61. The van der Waals surface area contributed by atoms with Crippen molar-refractivity contribution >= 4 is 5.69 Å². The van der Waals surface area contributed by atoms with Crippen LogP contribution in [0.2, 0.25) is 0 Å². The van der Waals surface area contributed by atoms with Gasteiger partial charge in [0.05, 0.1) is 0 Å². The molecule has 0 saturated heterocycles. The van der Waals surface area contributed by atoms with E-state index in [1.165, 1.54) is 0 Å². The monoisotopic (exact) mass is 199 g/mol. The Kier molecular flexibility index (Phi) is 2.34. The highest BCUT2D eigenvalue weighted by Gasteiger charge is 2.06. The predicted octanol–water partition coefficient (Wildman–Crippen LogP) is 2.95. The molecule has 15 heavy (non-hydrogen) atoms. The van der Waals surface area contributed by atoms with Gasteiger partial charge < -0.3 is 10.8 Å². The molecule has 2 aromatic carbocycles. The Hall–Kier alpha value is -1.96. The van der Waals surface area contributed by atoms with Crippen molar-refractivity contribution in [2.75, 3.05) is 5.73 Å². The minimum absolute atomic E-state index is 0.259. The number of nitrogen functional groups attached to an aromatic ring is 1. The molecule has 2 rings (SSSR count). The van der Waals surface area contributed by atoms with Gasteiger partial charge in [-0.1, -0.05) is 29.8 Å². The first-order chi connectivity index (χ1) is 7.18. The molecule has 3 N–H and O–H groups in total. The topological polar surface area (TPSA) is 46.2 Å². The Balaban J connectivity index is 2.64. The number of aryl methyl sites for hydroxylation is 1. The lowest BCUT2D eigenvalue weighted by Crippen LogP contribution is -1.90. The van der Waals surface area contributed by atoms with Crippen LogP contribution in [-0.2, 0) is 0 Å². The van der Waals surface area contributed by atoms with Crippen LogP contribution in [0.4, 0.5) is 5.69 Å². The summed E-state index contributed by atoms with van der Waals surface area (Å²) in [6, 6.07) is 13.0. The molecule has 2 aromatic rings. The average molecular weight is 199 g/mol. The standard InChI is InChI=1S/C13H13NO/c1-9-6-7-12(14)11(8-9)10-4-2-3-5-13(10)15/h2-8,15H,14H2,1H3. The van der Waals surface area contributed by atoms with E-state index in [9.17, 15) is 5.11 Å². The van der Waals surface area contributed by atoms with Crippen molar-refractivity contribution < 1.29 is 5.11 Å². The first-order valence-electron chi connectivity index (χ1n) is 4.83. The van der Waals surface area contributed by atoms with Gasteiger partial charge >= 0.3 is 0 Å².